The molecular weight excluding hydrogens is 334 g/mol. The normalized spacial score (nSPS) is 12.1. The molecular formula is C12H15BrClN3O2. The van der Waals surface area contributed by atoms with E-state index in [0.717, 1.165) is 0 Å². The van der Waals surface area contributed by atoms with Crippen LogP contribution in [0.4, 0.5) is 0 Å². The summed E-state index contributed by atoms with van der Waals surface area (Å²) < 4.78 is 0.640. The van der Waals surface area contributed by atoms with Gasteiger partial charge in [0.2, 0.25) is 5.91 Å². The summed E-state index contributed by atoms with van der Waals surface area (Å²) in [5.41, 5.74) is 0.222. The Morgan fingerprint density at radius 2 is 1.95 bits per heavy atom. The van der Waals surface area contributed by atoms with E-state index in [2.05, 4.69) is 31.5 Å². The van der Waals surface area contributed by atoms with Gasteiger partial charge in [-0.2, -0.15) is 0 Å². The number of amides is 2. The molecule has 1 atom stereocenters. The second kappa shape index (κ2) is 6.86. The van der Waals surface area contributed by atoms with Gasteiger partial charge in [-0.15, -0.1) is 0 Å². The lowest BCUT2D eigenvalue weighted by molar-refractivity contribution is -0.123. The van der Waals surface area contributed by atoms with Gasteiger partial charge in [-0.1, -0.05) is 11.6 Å². The maximum atomic E-state index is 12.0. The van der Waals surface area contributed by atoms with Crippen molar-refractivity contribution in [3.63, 3.8) is 0 Å². The molecule has 19 heavy (non-hydrogen) atoms. The van der Waals surface area contributed by atoms with E-state index in [1.165, 1.54) is 6.20 Å². The Kier molecular flexibility index (Phi) is 5.75. The number of hydrogen-bond donors (Lipinski definition) is 2. The van der Waals surface area contributed by atoms with Crippen LogP contribution in [0.2, 0.25) is 5.15 Å². The molecule has 1 rings (SSSR count). The molecule has 1 unspecified atom stereocenters. The first-order chi connectivity index (χ1) is 8.81. The molecule has 0 aliphatic heterocycles. The lowest BCUT2D eigenvalue weighted by Gasteiger charge is -2.16. The first-order valence-electron chi connectivity index (χ1n) is 5.73. The third-order valence-electron chi connectivity index (χ3n) is 2.22. The number of nitrogens with one attached hydrogen (secondary N) is 2. The van der Waals surface area contributed by atoms with Crippen molar-refractivity contribution >= 4 is 39.3 Å². The Bertz CT molecular complexity index is 494. The summed E-state index contributed by atoms with van der Waals surface area (Å²) in [6.07, 6.45) is 1.49. The number of aromatic nitrogens is 1. The van der Waals surface area contributed by atoms with E-state index in [0.29, 0.717) is 4.47 Å². The number of halogens is 2. The van der Waals surface area contributed by atoms with Gasteiger partial charge in [-0.3, -0.25) is 9.59 Å². The zero-order valence-corrected chi connectivity index (χ0v) is 13.2. The zero-order valence-electron chi connectivity index (χ0n) is 10.8. The number of pyridine rings is 1. The molecule has 0 fully saturated rings. The highest BCUT2D eigenvalue weighted by Crippen LogP contribution is 2.17. The lowest BCUT2D eigenvalue weighted by atomic mass is 10.2. The number of carbonyl (C=O) groups is 2. The van der Waals surface area contributed by atoms with Crippen LogP contribution in [0, 0.1) is 0 Å². The van der Waals surface area contributed by atoms with Crippen LogP contribution >= 0.6 is 27.5 Å². The Balaban J connectivity index is 2.74. The minimum absolute atomic E-state index is 0.0166. The summed E-state index contributed by atoms with van der Waals surface area (Å²) in [4.78, 5) is 27.5. The molecule has 0 aromatic carbocycles. The van der Waals surface area contributed by atoms with Crippen molar-refractivity contribution in [2.75, 3.05) is 0 Å². The standard InChI is InChI=1S/C12H15BrClN3O2/c1-6(2)16-11(18)7(3)17-12(19)9-4-8(13)5-15-10(9)14/h4-7H,1-3H3,(H,16,18)(H,17,19). The van der Waals surface area contributed by atoms with Crippen LogP contribution in [0.5, 0.6) is 0 Å². The van der Waals surface area contributed by atoms with E-state index in [1.807, 2.05) is 13.8 Å². The molecule has 2 amide bonds. The third kappa shape index (κ3) is 4.80. The Labute approximate surface area is 125 Å². The summed E-state index contributed by atoms with van der Waals surface area (Å²) in [6.45, 7) is 5.30. The van der Waals surface area contributed by atoms with Crippen LogP contribution < -0.4 is 10.6 Å². The van der Waals surface area contributed by atoms with Crippen molar-refractivity contribution in [3.05, 3.63) is 27.5 Å². The van der Waals surface area contributed by atoms with Crippen LogP contribution in [0.25, 0.3) is 0 Å². The van der Waals surface area contributed by atoms with Gasteiger partial charge in [-0.25, -0.2) is 4.98 Å². The van der Waals surface area contributed by atoms with E-state index in [4.69, 9.17) is 11.6 Å². The summed E-state index contributed by atoms with van der Waals surface area (Å²) in [5, 5.41) is 5.38. The van der Waals surface area contributed by atoms with Gasteiger partial charge in [0, 0.05) is 16.7 Å². The van der Waals surface area contributed by atoms with E-state index in [1.54, 1.807) is 13.0 Å². The quantitative estimate of drug-likeness (QED) is 0.819. The molecule has 0 aliphatic rings. The summed E-state index contributed by atoms with van der Waals surface area (Å²) in [7, 11) is 0. The van der Waals surface area contributed by atoms with Crippen molar-refractivity contribution in [2.45, 2.75) is 32.9 Å². The fourth-order valence-corrected chi connectivity index (χ4v) is 1.85. The number of nitrogens with zero attached hydrogens (tertiary/aromatic N) is 1. The van der Waals surface area contributed by atoms with E-state index in [-0.39, 0.29) is 22.7 Å². The van der Waals surface area contributed by atoms with E-state index in [9.17, 15) is 9.59 Å². The van der Waals surface area contributed by atoms with Crippen LogP contribution in [0.1, 0.15) is 31.1 Å². The monoisotopic (exact) mass is 347 g/mol. The first-order valence-corrected chi connectivity index (χ1v) is 6.90. The number of hydrogen-bond acceptors (Lipinski definition) is 3. The molecule has 0 radical (unpaired) electrons. The SMILES string of the molecule is CC(C)NC(=O)C(C)NC(=O)c1cc(Br)cnc1Cl. The third-order valence-corrected chi connectivity index (χ3v) is 2.96. The number of rotatable bonds is 4. The van der Waals surface area contributed by atoms with Gasteiger partial charge in [0.25, 0.3) is 5.91 Å². The maximum Gasteiger partial charge on any atom is 0.255 e. The molecule has 5 nitrogen and oxygen atoms in total. The topological polar surface area (TPSA) is 71.1 Å². The average molecular weight is 349 g/mol. The van der Waals surface area contributed by atoms with Gasteiger partial charge in [0.05, 0.1) is 5.56 Å². The predicted molar refractivity (Wildman–Crippen MR) is 77.2 cm³/mol. The fraction of sp³-hybridized carbons (Fsp3) is 0.417. The molecule has 1 heterocycles. The van der Waals surface area contributed by atoms with Crippen LogP contribution in [-0.2, 0) is 4.79 Å². The smallest absolute Gasteiger partial charge is 0.255 e. The van der Waals surface area contributed by atoms with Crippen molar-refractivity contribution in [1.82, 2.24) is 15.6 Å². The van der Waals surface area contributed by atoms with Crippen molar-refractivity contribution in [3.8, 4) is 0 Å². The first kappa shape index (κ1) is 15.9. The maximum absolute atomic E-state index is 12.0. The molecule has 0 aliphatic carbocycles. The molecule has 0 saturated carbocycles. The minimum atomic E-state index is -0.648. The van der Waals surface area contributed by atoms with Crippen LogP contribution in [0.15, 0.2) is 16.7 Å². The number of carbonyl (C=O) groups excluding carboxylic acids is 2. The zero-order chi connectivity index (χ0) is 14.6. The van der Waals surface area contributed by atoms with Gasteiger partial charge < -0.3 is 10.6 Å². The molecule has 1 aromatic heterocycles. The van der Waals surface area contributed by atoms with E-state index >= 15 is 0 Å². The predicted octanol–water partition coefficient (Wildman–Crippen LogP) is 2.14. The van der Waals surface area contributed by atoms with Crippen LogP contribution in [0.3, 0.4) is 0 Å². The van der Waals surface area contributed by atoms with Gasteiger partial charge in [0.15, 0.2) is 0 Å². The summed E-state index contributed by atoms with van der Waals surface area (Å²) in [6, 6.07) is 0.922. The van der Waals surface area contributed by atoms with Gasteiger partial charge in [-0.05, 0) is 42.8 Å². The summed E-state index contributed by atoms with van der Waals surface area (Å²) in [5.74, 6) is -0.687. The summed E-state index contributed by atoms with van der Waals surface area (Å²) >= 11 is 9.06. The fourth-order valence-electron chi connectivity index (χ4n) is 1.33. The molecule has 0 spiro atoms. The molecule has 7 heteroatoms. The molecule has 104 valence electrons. The lowest BCUT2D eigenvalue weighted by Crippen LogP contribution is -2.46. The van der Waals surface area contributed by atoms with E-state index < -0.39 is 11.9 Å². The van der Waals surface area contributed by atoms with Gasteiger partial charge in [0.1, 0.15) is 11.2 Å². The Morgan fingerprint density at radius 3 is 2.53 bits per heavy atom. The molecule has 2 N–H and O–H groups in total. The Morgan fingerprint density at radius 1 is 1.32 bits per heavy atom. The highest BCUT2D eigenvalue weighted by Gasteiger charge is 2.19. The molecule has 0 saturated heterocycles. The minimum Gasteiger partial charge on any atom is -0.352 e. The highest BCUT2D eigenvalue weighted by atomic mass is 79.9. The van der Waals surface area contributed by atoms with Crippen LogP contribution in [-0.4, -0.2) is 28.9 Å². The highest BCUT2D eigenvalue weighted by molar-refractivity contribution is 9.10. The molecule has 1 aromatic rings. The second-order valence-corrected chi connectivity index (χ2v) is 5.62. The molecule has 0 bridgehead atoms. The van der Waals surface area contributed by atoms with Crippen molar-refractivity contribution in [2.24, 2.45) is 0 Å². The Hall–Kier alpha value is -1.14. The van der Waals surface area contributed by atoms with Crippen molar-refractivity contribution in [1.29, 1.82) is 0 Å². The average Bonchev–Trinajstić information content (AvgIpc) is 2.31. The largest absolute Gasteiger partial charge is 0.352 e. The second-order valence-electron chi connectivity index (χ2n) is 4.35. The van der Waals surface area contributed by atoms with Gasteiger partial charge >= 0.3 is 0 Å². The van der Waals surface area contributed by atoms with Crippen molar-refractivity contribution < 1.29 is 9.59 Å².